The molecule has 0 radical (unpaired) electrons. The summed E-state index contributed by atoms with van der Waals surface area (Å²) in [6.07, 6.45) is 4.16. The minimum atomic E-state index is -0.0277. The summed E-state index contributed by atoms with van der Waals surface area (Å²) >= 11 is 0. The number of rotatable bonds is 3. The molecule has 2 rings (SSSR count). The van der Waals surface area contributed by atoms with Gasteiger partial charge >= 0.3 is 0 Å². The van der Waals surface area contributed by atoms with Gasteiger partial charge in [-0.05, 0) is 38.0 Å². The minimum Gasteiger partial charge on any atom is -0.472 e. The fourth-order valence-electron chi connectivity index (χ4n) is 1.79. The van der Waals surface area contributed by atoms with Crippen LogP contribution in [0.2, 0.25) is 0 Å². The molecule has 0 spiro atoms. The van der Waals surface area contributed by atoms with Gasteiger partial charge < -0.3 is 14.6 Å². The monoisotopic (exact) mass is 205 g/mol. The van der Waals surface area contributed by atoms with Crippen LogP contribution in [0.3, 0.4) is 0 Å². The lowest BCUT2D eigenvalue weighted by Crippen LogP contribution is -2.13. The molecule has 0 fully saturated rings. The van der Waals surface area contributed by atoms with E-state index in [1.165, 1.54) is 0 Å². The largest absolute Gasteiger partial charge is 0.472 e. The summed E-state index contributed by atoms with van der Waals surface area (Å²) in [5, 5.41) is 0. The molecule has 0 aromatic carbocycles. The molecule has 0 amide bonds. The van der Waals surface area contributed by atoms with Crippen molar-refractivity contribution < 1.29 is 8.83 Å². The van der Waals surface area contributed by atoms with Crippen molar-refractivity contribution in [2.45, 2.75) is 26.3 Å². The molecular weight excluding hydrogens is 190 g/mol. The third kappa shape index (κ3) is 2.13. The molecule has 2 aromatic rings. The Balaban J connectivity index is 2.14. The number of nitrogens with two attached hydrogens (primary N) is 1. The van der Waals surface area contributed by atoms with E-state index >= 15 is 0 Å². The van der Waals surface area contributed by atoms with Crippen LogP contribution >= 0.6 is 0 Å². The molecular formula is C12H15NO2. The van der Waals surface area contributed by atoms with Gasteiger partial charge in [0.2, 0.25) is 0 Å². The quantitative estimate of drug-likeness (QED) is 0.838. The van der Waals surface area contributed by atoms with Crippen LogP contribution in [0.25, 0.3) is 0 Å². The molecule has 3 heteroatoms. The summed E-state index contributed by atoms with van der Waals surface area (Å²) in [5.41, 5.74) is 8.29. The molecule has 0 saturated carbocycles. The van der Waals surface area contributed by atoms with Crippen molar-refractivity contribution in [2.24, 2.45) is 5.73 Å². The third-order valence-electron chi connectivity index (χ3n) is 2.51. The second-order valence-corrected chi connectivity index (χ2v) is 3.81. The molecule has 1 atom stereocenters. The maximum absolute atomic E-state index is 6.10. The predicted octanol–water partition coefficient (Wildman–Crippen LogP) is 2.73. The van der Waals surface area contributed by atoms with Gasteiger partial charge in [-0.15, -0.1) is 0 Å². The fraction of sp³-hybridized carbons (Fsp3) is 0.333. The van der Waals surface area contributed by atoms with Crippen LogP contribution < -0.4 is 5.73 Å². The Labute approximate surface area is 88.9 Å². The zero-order valence-corrected chi connectivity index (χ0v) is 8.99. The van der Waals surface area contributed by atoms with E-state index in [1.54, 1.807) is 12.5 Å². The zero-order chi connectivity index (χ0) is 10.8. The fourth-order valence-corrected chi connectivity index (χ4v) is 1.79. The normalized spacial score (nSPS) is 13.0. The Bertz CT molecular complexity index is 428. The zero-order valence-electron chi connectivity index (χ0n) is 8.99. The lowest BCUT2D eigenvalue weighted by molar-refractivity contribution is 0.497. The number of hydrogen-bond acceptors (Lipinski definition) is 3. The topological polar surface area (TPSA) is 52.3 Å². The lowest BCUT2D eigenvalue weighted by atomic mass is 10.0. The molecule has 0 aliphatic heterocycles. The average molecular weight is 205 g/mol. The van der Waals surface area contributed by atoms with Crippen LogP contribution in [0.4, 0.5) is 0 Å². The van der Waals surface area contributed by atoms with E-state index in [-0.39, 0.29) is 6.04 Å². The Morgan fingerprint density at radius 1 is 1.40 bits per heavy atom. The van der Waals surface area contributed by atoms with Gasteiger partial charge in [-0.2, -0.15) is 0 Å². The van der Waals surface area contributed by atoms with Crippen LogP contribution in [-0.4, -0.2) is 0 Å². The highest BCUT2D eigenvalue weighted by Gasteiger charge is 2.13. The standard InChI is InChI=1S/C12H15NO2/c1-8-5-11(9(2)15-8)12(13)6-10-3-4-14-7-10/h3-5,7,12H,6,13H2,1-2H3. The van der Waals surface area contributed by atoms with E-state index in [0.717, 1.165) is 29.1 Å². The highest BCUT2D eigenvalue weighted by Crippen LogP contribution is 2.22. The van der Waals surface area contributed by atoms with E-state index < -0.39 is 0 Å². The average Bonchev–Trinajstić information content (AvgIpc) is 2.75. The van der Waals surface area contributed by atoms with Crippen molar-refractivity contribution >= 4 is 0 Å². The maximum atomic E-state index is 6.10. The highest BCUT2D eigenvalue weighted by atomic mass is 16.3. The van der Waals surface area contributed by atoms with Crippen molar-refractivity contribution in [1.82, 2.24) is 0 Å². The van der Waals surface area contributed by atoms with Crippen molar-refractivity contribution in [3.8, 4) is 0 Å². The van der Waals surface area contributed by atoms with Crippen LogP contribution in [0.5, 0.6) is 0 Å². The minimum absolute atomic E-state index is 0.0277. The van der Waals surface area contributed by atoms with E-state index in [1.807, 2.05) is 26.0 Å². The van der Waals surface area contributed by atoms with Crippen molar-refractivity contribution in [2.75, 3.05) is 0 Å². The first-order chi connectivity index (χ1) is 7.16. The highest BCUT2D eigenvalue weighted by molar-refractivity contribution is 5.25. The first kappa shape index (κ1) is 10.1. The first-order valence-electron chi connectivity index (χ1n) is 5.00. The molecule has 2 N–H and O–H groups in total. The molecule has 1 unspecified atom stereocenters. The SMILES string of the molecule is Cc1cc(C(N)Cc2ccoc2)c(C)o1. The van der Waals surface area contributed by atoms with Gasteiger partial charge in [-0.1, -0.05) is 0 Å². The van der Waals surface area contributed by atoms with Gasteiger partial charge in [0.25, 0.3) is 0 Å². The summed E-state index contributed by atoms with van der Waals surface area (Å²) < 4.78 is 10.5. The van der Waals surface area contributed by atoms with Gasteiger partial charge in [0, 0.05) is 11.6 Å². The third-order valence-corrected chi connectivity index (χ3v) is 2.51. The number of aryl methyl sites for hydroxylation is 2. The predicted molar refractivity (Wildman–Crippen MR) is 57.5 cm³/mol. The number of hydrogen-bond donors (Lipinski definition) is 1. The summed E-state index contributed by atoms with van der Waals surface area (Å²) in [7, 11) is 0. The Morgan fingerprint density at radius 3 is 2.73 bits per heavy atom. The maximum Gasteiger partial charge on any atom is 0.105 e. The Kier molecular flexibility index (Phi) is 2.64. The first-order valence-corrected chi connectivity index (χ1v) is 5.00. The molecule has 15 heavy (non-hydrogen) atoms. The number of furan rings is 2. The molecule has 0 bridgehead atoms. The van der Waals surface area contributed by atoms with Crippen LogP contribution in [0.1, 0.15) is 28.7 Å². The summed E-state index contributed by atoms with van der Waals surface area (Å²) in [5.74, 6) is 1.81. The Morgan fingerprint density at radius 2 is 2.20 bits per heavy atom. The Hall–Kier alpha value is -1.48. The molecule has 2 heterocycles. The van der Waals surface area contributed by atoms with Crippen molar-refractivity contribution in [3.63, 3.8) is 0 Å². The molecule has 2 aromatic heterocycles. The summed E-state index contributed by atoms with van der Waals surface area (Å²) in [4.78, 5) is 0. The second-order valence-electron chi connectivity index (χ2n) is 3.81. The molecule has 0 aliphatic carbocycles. The van der Waals surface area contributed by atoms with E-state index in [0.29, 0.717) is 0 Å². The van der Waals surface area contributed by atoms with Crippen molar-refractivity contribution in [1.29, 1.82) is 0 Å². The van der Waals surface area contributed by atoms with Gasteiger partial charge in [-0.25, -0.2) is 0 Å². The van der Waals surface area contributed by atoms with Gasteiger partial charge in [-0.3, -0.25) is 0 Å². The van der Waals surface area contributed by atoms with Crippen molar-refractivity contribution in [3.05, 3.63) is 47.3 Å². The van der Waals surface area contributed by atoms with Crippen LogP contribution in [-0.2, 0) is 6.42 Å². The van der Waals surface area contributed by atoms with Gasteiger partial charge in [0.05, 0.1) is 12.5 Å². The van der Waals surface area contributed by atoms with Gasteiger partial charge in [0.1, 0.15) is 11.5 Å². The van der Waals surface area contributed by atoms with E-state index in [2.05, 4.69) is 0 Å². The van der Waals surface area contributed by atoms with E-state index in [9.17, 15) is 0 Å². The molecule has 0 saturated heterocycles. The van der Waals surface area contributed by atoms with Crippen LogP contribution in [0, 0.1) is 13.8 Å². The second kappa shape index (κ2) is 3.95. The smallest absolute Gasteiger partial charge is 0.105 e. The van der Waals surface area contributed by atoms with E-state index in [4.69, 9.17) is 14.6 Å². The lowest BCUT2D eigenvalue weighted by Gasteiger charge is -2.08. The molecule has 3 nitrogen and oxygen atoms in total. The molecule has 0 aliphatic rings. The van der Waals surface area contributed by atoms with Crippen LogP contribution in [0.15, 0.2) is 33.5 Å². The van der Waals surface area contributed by atoms with Gasteiger partial charge in [0.15, 0.2) is 0 Å². The summed E-state index contributed by atoms with van der Waals surface area (Å²) in [6, 6.07) is 3.91. The molecule has 80 valence electrons. The summed E-state index contributed by atoms with van der Waals surface area (Å²) in [6.45, 7) is 3.87.